The maximum atomic E-state index is 12.4. The van der Waals surface area contributed by atoms with E-state index < -0.39 is 0 Å². The van der Waals surface area contributed by atoms with Crippen LogP contribution in [0.5, 0.6) is 11.5 Å². The summed E-state index contributed by atoms with van der Waals surface area (Å²) in [5.41, 5.74) is 1.64. The first kappa shape index (κ1) is 13.6. The highest BCUT2D eigenvalue weighted by Crippen LogP contribution is 2.25. The molecule has 0 fully saturated rings. The van der Waals surface area contributed by atoms with Crippen LogP contribution in [0.3, 0.4) is 0 Å². The number of hydrogen-bond donors (Lipinski definition) is 0. The zero-order valence-electron chi connectivity index (χ0n) is 11.6. The lowest BCUT2D eigenvalue weighted by molar-refractivity contribution is 0.104. The van der Waals surface area contributed by atoms with Crippen LogP contribution in [0.25, 0.3) is 0 Å². The predicted molar refractivity (Wildman–Crippen MR) is 85.4 cm³/mol. The Bertz CT molecular complexity index is 746. The maximum Gasteiger partial charge on any atom is 0.203 e. The van der Waals surface area contributed by atoms with Crippen molar-refractivity contribution in [3.05, 3.63) is 82.0 Å². The highest BCUT2D eigenvalue weighted by molar-refractivity contribution is 7.12. The Balaban J connectivity index is 1.85. The molecule has 0 aliphatic heterocycles. The molecular formula is C18H14O2S. The standard InChI is InChI=1S/C18H14O2S/c1-13-12-15(20-14-6-3-2-4-7-14)9-10-16(13)18(19)17-8-5-11-21-17/h2-12H,1H3. The topological polar surface area (TPSA) is 26.3 Å². The van der Waals surface area contributed by atoms with Gasteiger partial charge >= 0.3 is 0 Å². The molecule has 1 heterocycles. The van der Waals surface area contributed by atoms with Gasteiger partial charge in [-0.15, -0.1) is 11.3 Å². The van der Waals surface area contributed by atoms with Gasteiger partial charge in [-0.05, 0) is 54.3 Å². The van der Waals surface area contributed by atoms with Crippen LogP contribution in [0.1, 0.15) is 20.8 Å². The van der Waals surface area contributed by atoms with Crippen LogP contribution in [-0.2, 0) is 0 Å². The number of aryl methyl sites for hydroxylation is 1. The smallest absolute Gasteiger partial charge is 0.203 e. The van der Waals surface area contributed by atoms with Gasteiger partial charge in [0.1, 0.15) is 11.5 Å². The van der Waals surface area contributed by atoms with Gasteiger partial charge in [0.25, 0.3) is 0 Å². The normalized spacial score (nSPS) is 10.3. The Labute approximate surface area is 127 Å². The molecule has 0 saturated carbocycles. The van der Waals surface area contributed by atoms with Crippen molar-refractivity contribution in [3.8, 4) is 11.5 Å². The number of carbonyl (C=O) groups is 1. The highest BCUT2D eigenvalue weighted by Gasteiger charge is 2.13. The zero-order chi connectivity index (χ0) is 14.7. The molecule has 0 amide bonds. The average Bonchev–Trinajstić information content (AvgIpc) is 3.02. The van der Waals surface area contributed by atoms with Crippen LogP contribution in [0.2, 0.25) is 0 Å². The molecule has 0 radical (unpaired) electrons. The second kappa shape index (κ2) is 5.94. The molecule has 3 rings (SSSR count). The molecule has 0 aliphatic carbocycles. The third-order valence-corrected chi connectivity index (χ3v) is 4.04. The Kier molecular flexibility index (Phi) is 3.84. The lowest BCUT2D eigenvalue weighted by Crippen LogP contribution is -2.01. The molecule has 0 N–H and O–H groups in total. The van der Waals surface area contributed by atoms with E-state index in [2.05, 4.69) is 0 Å². The summed E-state index contributed by atoms with van der Waals surface area (Å²) >= 11 is 1.46. The fourth-order valence-corrected chi connectivity index (χ4v) is 2.80. The molecule has 0 bridgehead atoms. The summed E-state index contributed by atoms with van der Waals surface area (Å²) in [4.78, 5) is 13.1. The molecule has 0 unspecified atom stereocenters. The van der Waals surface area contributed by atoms with Crippen LogP contribution in [0, 0.1) is 6.92 Å². The minimum absolute atomic E-state index is 0.0637. The molecule has 104 valence electrons. The Morgan fingerprint density at radius 3 is 2.43 bits per heavy atom. The number of carbonyl (C=O) groups excluding carboxylic acids is 1. The minimum Gasteiger partial charge on any atom is -0.457 e. The van der Waals surface area contributed by atoms with Gasteiger partial charge in [0, 0.05) is 5.56 Å². The first-order valence-electron chi connectivity index (χ1n) is 6.66. The van der Waals surface area contributed by atoms with E-state index in [1.807, 2.05) is 73.0 Å². The van der Waals surface area contributed by atoms with Crippen molar-refractivity contribution in [1.29, 1.82) is 0 Å². The molecule has 2 nitrogen and oxygen atoms in total. The summed E-state index contributed by atoms with van der Waals surface area (Å²) in [6.07, 6.45) is 0. The third-order valence-electron chi connectivity index (χ3n) is 3.17. The lowest BCUT2D eigenvalue weighted by Gasteiger charge is -2.09. The predicted octanol–water partition coefficient (Wildman–Crippen LogP) is 5.08. The SMILES string of the molecule is Cc1cc(Oc2ccccc2)ccc1C(=O)c1cccs1. The molecule has 0 atom stereocenters. The van der Waals surface area contributed by atoms with Crippen LogP contribution < -0.4 is 4.74 Å². The molecule has 2 aromatic carbocycles. The molecule has 1 aromatic heterocycles. The first-order chi connectivity index (χ1) is 10.2. The maximum absolute atomic E-state index is 12.4. The van der Waals surface area contributed by atoms with Crippen LogP contribution in [0.15, 0.2) is 66.0 Å². The van der Waals surface area contributed by atoms with Gasteiger partial charge < -0.3 is 4.74 Å². The molecule has 3 heteroatoms. The van der Waals surface area contributed by atoms with E-state index in [-0.39, 0.29) is 5.78 Å². The van der Waals surface area contributed by atoms with Crippen LogP contribution in [-0.4, -0.2) is 5.78 Å². The van der Waals surface area contributed by atoms with E-state index >= 15 is 0 Å². The van der Waals surface area contributed by atoms with Crippen molar-refractivity contribution in [2.24, 2.45) is 0 Å². The quantitative estimate of drug-likeness (QED) is 0.627. The van der Waals surface area contributed by atoms with E-state index in [0.29, 0.717) is 0 Å². The molecule has 0 aliphatic rings. The third kappa shape index (κ3) is 3.03. The summed E-state index contributed by atoms with van der Waals surface area (Å²) in [6.45, 7) is 1.93. The Morgan fingerprint density at radius 2 is 1.76 bits per heavy atom. The summed E-state index contributed by atoms with van der Waals surface area (Å²) in [5.74, 6) is 1.59. The van der Waals surface area contributed by atoms with E-state index in [1.165, 1.54) is 11.3 Å². The molecule has 0 saturated heterocycles. The molecule has 3 aromatic rings. The number of benzene rings is 2. The second-order valence-electron chi connectivity index (χ2n) is 4.70. The molecule has 21 heavy (non-hydrogen) atoms. The lowest BCUT2D eigenvalue weighted by atomic mass is 10.0. The van der Waals surface area contributed by atoms with Crippen molar-refractivity contribution in [2.75, 3.05) is 0 Å². The summed E-state index contributed by atoms with van der Waals surface area (Å²) in [7, 11) is 0. The first-order valence-corrected chi connectivity index (χ1v) is 7.54. The number of thiophene rings is 1. The van der Waals surface area contributed by atoms with Gasteiger partial charge in [-0.3, -0.25) is 4.79 Å². The van der Waals surface area contributed by atoms with Crippen molar-refractivity contribution in [1.82, 2.24) is 0 Å². The van der Waals surface area contributed by atoms with E-state index in [4.69, 9.17) is 4.74 Å². The van der Waals surface area contributed by atoms with Gasteiger partial charge in [-0.2, -0.15) is 0 Å². The van der Waals surface area contributed by atoms with Crippen molar-refractivity contribution in [2.45, 2.75) is 6.92 Å². The summed E-state index contributed by atoms with van der Waals surface area (Å²) in [6, 6.07) is 18.9. The molecular weight excluding hydrogens is 280 g/mol. The van der Waals surface area contributed by atoms with Gasteiger partial charge in [0.2, 0.25) is 5.78 Å². The summed E-state index contributed by atoms with van der Waals surface area (Å²) in [5, 5.41) is 1.91. The summed E-state index contributed by atoms with van der Waals surface area (Å²) < 4.78 is 5.78. The number of para-hydroxylation sites is 1. The number of ketones is 1. The highest BCUT2D eigenvalue weighted by atomic mass is 32.1. The van der Waals surface area contributed by atoms with Gasteiger partial charge in [0.05, 0.1) is 4.88 Å². The number of hydrogen-bond acceptors (Lipinski definition) is 3. The monoisotopic (exact) mass is 294 g/mol. The fourth-order valence-electron chi connectivity index (χ4n) is 2.12. The fraction of sp³-hybridized carbons (Fsp3) is 0.0556. The Morgan fingerprint density at radius 1 is 0.952 bits per heavy atom. The van der Waals surface area contributed by atoms with Crippen LogP contribution in [0.4, 0.5) is 0 Å². The second-order valence-corrected chi connectivity index (χ2v) is 5.65. The van der Waals surface area contributed by atoms with Crippen molar-refractivity contribution < 1.29 is 9.53 Å². The van der Waals surface area contributed by atoms with E-state index in [0.717, 1.165) is 27.5 Å². The number of ether oxygens (including phenoxy) is 1. The average molecular weight is 294 g/mol. The van der Waals surface area contributed by atoms with Crippen molar-refractivity contribution in [3.63, 3.8) is 0 Å². The number of rotatable bonds is 4. The van der Waals surface area contributed by atoms with E-state index in [9.17, 15) is 4.79 Å². The van der Waals surface area contributed by atoms with Crippen molar-refractivity contribution >= 4 is 17.1 Å². The molecule has 0 spiro atoms. The van der Waals surface area contributed by atoms with E-state index in [1.54, 1.807) is 0 Å². The van der Waals surface area contributed by atoms with Crippen LogP contribution >= 0.6 is 11.3 Å². The van der Waals surface area contributed by atoms with Gasteiger partial charge in [-0.1, -0.05) is 24.3 Å². The largest absolute Gasteiger partial charge is 0.457 e. The van der Waals surface area contributed by atoms with Gasteiger partial charge in [-0.25, -0.2) is 0 Å². The van der Waals surface area contributed by atoms with Gasteiger partial charge in [0.15, 0.2) is 0 Å². The minimum atomic E-state index is 0.0637. The zero-order valence-corrected chi connectivity index (χ0v) is 12.4. The Hall–Kier alpha value is -2.39.